The number of aromatic nitrogens is 4. The fraction of sp³-hybridized carbons (Fsp3) is 0.0606. The first kappa shape index (κ1) is 21.8. The van der Waals surface area contributed by atoms with E-state index in [-0.39, 0.29) is 5.92 Å². The molecule has 39 heavy (non-hydrogen) atoms. The number of nitrogens with zero attached hydrogens (tertiary/aromatic N) is 4. The van der Waals surface area contributed by atoms with Crippen LogP contribution < -0.4 is 9.47 Å². The van der Waals surface area contributed by atoms with Gasteiger partial charge in [0.1, 0.15) is 17.8 Å². The Morgan fingerprint density at radius 2 is 1.51 bits per heavy atom. The van der Waals surface area contributed by atoms with E-state index in [0.717, 1.165) is 60.9 Å². The van der Waals surface area contributed by atoms with Crippen LogP contribution in [-0.4, -0.2) is 26.7 Å². The molecule has 186 valence electrons. The Balaban J connectivity index is 1.39. The molecule has 0 bridgehead atoms. The summed E-state index contributed by atoms with van der Waals surface area (Å²) in [4.78, 5) is 9.84. The molecule has 0 fully saturated rings. The molecule has 1 aliphatic rings. The van der Waals surface area contributed by atoms with Crippen molar-refractivity contribution in [3.8, 4) is 28.8 Å². The SMILES string of the molecule is COc1ccc([C@@H]2c3ccc4ccccc4c3Oc3ncn4nc(-c5cccc6ccccc56)nc4c32)cc1. The van der Waals surface area contributed by atoms with E-state index in [2.05, 4.69) is 60.7 Å². The number of benzene rings is 5. The van der Waals surface area contributed by atoms with Gasteiger partial charge in [-0.3, -0.25) is 0 Å². The lowest BCUT2D eigenvalue weighted by molar-refractivity contribution is 0.414. The summed E-state index contributed by atoms with van der Waals surface area (Å²) in [5, 5.41) is 9.30. The lowest BCUT2D eigenvalue weighted by Gasteiger charge is -2.28. The molecule has 0 radical (unpaired) electrons. The molecule has 1 aliphatic heterocycles. The highest BCUT2D eigenvalue weighted by Gasteiger charge is 2.34. The normalized spacial score (nSPS) is 14.2. The third-order valence-corrected chi connectivity index (χ3v) is 7.58. The number of fused-ring (bicyclic) bond motifs is 7. The van der Waals surface area contributed by atoms with Crippen molar-refractivity contribution >= 4 is 27.2 Å². The Morgan fingerprint density at radius 1 is 0.769 bits per heavy atom. The maximum absolute atomic E-state index is 6.56. The van der Waals surface area contributed by atoms with E-state index in [4.69, 9.17) is 24.5 Å². The third-order valence-electron chi connectivity index (χ3n) is 7.58. The van der Waals surface area contributed by atoms with Gasteiger partial charge in [0.2, 0.25) is 5.88 Å². The highest BCUT2D eigenvalue weighted by molar-refractivity contribution is 5.95. The molecule has 0 unspecified atom stereocenters. The molecule has 1 atom stereocenters. The lowest BCUT2D eigenvalue weighted by Crippen LogP contribution is -2.15. The second kappa shape index (κ2) is 8.39. The highest BCUT2D eigenvalue weighted by Crippen LogP contribution is 2.50. The van der Waals surface area contributed by atoms with Crippen molar-refractivity contribution in [2.24, 2.45) is 0 Å². The molecule has 7 aromatic rings. The molecule has 2 aromatic heterocycles. The Kier molecular flexibility index (Phi) is 4.70. The van der Waals surface area contributed by atoms with Gasteiger partial charge in [-0.25, -0.2) is 14.5 Å². The molecular formula is C33H22N4O2. The molecule has 6 nitrogen and oxygen atoms in total. The summed E-state index contributed by atoms with van der Waals surface area (Å²) in [6.07, 6.45) is 1.69. The Morgan fingerprint density at radius 3 is 2.33 bits per heavy atom. The topological polar surface area (TPSA) is 61.5 Å². The predicted octanol–water partition coefficient (Wildman–Crippen LogP) is 7.39. The predicted molar refractivity (Wildman–Crippen MR) is 152 cm³/mol. The van der Waals surface area contributed by atoms with E-state index >= 15 is 0 Å². The maximum atomic E-state index is 6.56. The van der Waals surface area contributed by atoms with Crippen LogP contribution in [0.3, 0.4) is 0 Å². The van der Waals surface area contributed by atoms with Gasteiger partial charge in [0, 0.05) is 22.4 Å². The fourth-order valence-corrected chi connectivity index (χ4v) is 5.72. The quantitative estimate of drug-likeness (QED) is 0.250. The second-order valence-electron chi connectivity index (χ2n) is 9.71. The summed E-state index contributed by atoms with van der Waals surface area (Å²) >= 11 is 0. The minimum absolute atomic E-state index is 0.153. The van der Waals surface area contributed by atoms with Crippen molar-refractivity contribution in [3.05, 3.63) is 126 Å². The summed E-state index contributed by atoms with van der Waals surface area (Å²) in [5.41, 5.74) is 4.76. The average molecular weight is 507 g/mol. The number of methoxy groups -OCH3 is 1. The van der Waals surface area contributed by atoms with Crippen LogP contribution >= 0.6 is 0 Å². The van der Waals surface area contributed by atoms with Crippen LogP contribution in [0, 0.1) is 0 Å². The van der Waals surface area contributed by atoms with Gasteiger partial charge >= 0.3 is 0 Å². The van der Waals surface area contributed by atoms with Crippen LogP contribution in [0.1, 0.15) is 22.6 Å². The molecule has 5 aromatic carbocycles. The van der Waals surface area contributed by atoms with E-state index in [9.17, 15) is 0 Å². The fourth-order valence-electron chi connectivity index (χ4n) is 5.72. The van der Waals surface area contributed by atoms with Gasteiger partial charge in [-0.1, -0.05) is 91.0 Å². The van der Waals surface area contributed by atoms with Gasteiger partial charge in [0.05, 0.1) is 12.7 Å². The Labute approximate surface area is 224 Å². The molecular weight excluding hydrogens is 484 g/mol. The third kappa shape index (κ3) is 3.31. The van der Waals surface area contributed by atoms with Crippen LogP contribution in [0.15, 0.2) is 109 Å². The van der Waals surface area contributed by atoms with E-state index in [1.807, 2.05) is 42.5 Å². The molecule has 8 rings (SSSR count). The zero-order chi connectivity index (χ0) is 25.9. The number of rotatable bonds is 3. The first-order valence-electron chi connectivity index (χ1n) is 12.9. The van der Waals surface area contributed by atoms with Crippen molar-refractivity contribution in [1.29, 1.82) is 0 Å². The van der Waals surface area contributed by atoms with Gasteiger partial charge in [0.15, 0.2) is 11.5 Å². The van der Waals surface area contributed by atoms with Gasteiger partial charge in [-0.15, -0.1) is 5.10 Å². The van der Waals surface area contributed by atoms with Crippen molar-refractivity contribution in [1.82, 2.24) is 19.6 Å². The highest BCUT2D eigenvalue weighted by atomic mass is 16.5. The summed E-state index contributed by atoms with van der Waals surface area (Å²) in [7, 11) is 1.68. The van der Waals surface area contributed by atoms with Crippen LogP contribution in [0.5, 0.6) is 17.4 Å². The van der Waals surface area contributed by atoms with Gasteiger partial charge in [0.25, 0.3) is 0 Å². The Bertz CT molecular complexity index is 2040. The standard InChI is InChI=1S/C33H22N4O2/c1-38-23-16-13-22(14-17-23)28-27-18-15-21-8-3-5-11-25(21)30(27)39-33-29(28)32-35-31(36-37(32)19-34-33)26-12-6-9-20-7-2-4-10-24(20)26/h2-19,28H,1H3/t28-/m1/s1. The average Bonchev–Trinajstić information content (AvgIpc) is 3.44. The largest absolute Gasteiger partial charge is 0.497 e. The molecule has 0 saturated heterocycles. The van der Waals surface area contributed by atoms with Crippen molar-refractivity contribution in [2.45, 2.75) is 5.92 Å². The van der Waals surface area contributed by atoms with Crippen molar-refractivity contribution in [3.63, 3.8) is 0 Å². The summed E-state index contributed by atoms with van der Waals surface area (Å²) < 4.78 is 13.8. The number of ether oxygens (including phenoxy) is 2. The molecule has 3 heterocycles. The first-order chi connectivity index (χ1) is 19.3. The smallest absolute Gasteiger partial charge is 0.228 e. The first-order valence-corrected chi connectivity index (χ1v) is 12.9. The van der Waals surface area contributed by atoms with Crippen LogP contribution in [-0.2, 0) is 0 Å². The summed E-state index contributed by atoms with van der Waals surface area (Å²) in [6.45, 7) is 0. The monoisotopic (exact) mass is 506 g/mol. The van der Waals surface area contributed by atoms with E-state index < -0.39 is 0 Å². The molecule has 0 spiro atoms. The van der Waals surface area contributed by atoms with Crippen LogP contribution in [0.4, 0.5) is 0 Å². The lowest BCUT2D eigenvalue weighted by atomic mass is 9.83. The zero-order valence-corrected chi connectivity index (χ0v) is 21.1. The minimum atomic E-state index is -0.153. The molecule has 0 saturated carbocycles. The zero-order valence-electron chi connectivity index (χ0n) is 21.1. The van der Waals surface area contributed by atoms with Gasteiger partial charge in [-0.05, 0) is 33.9 Å². The van der Waals surface area contributed by atoms with Crippen LogP contribution in [0.2, 0.25) is 0 Å². The van der Waals surface area contributed by atoms with Crippen molar-refractivity contribution in [2.75, 3.05) is 7.11 Å². The number of hydrogen-bond acceptors (Lipinski definition) is 5. The van der Waals surface area contributed by atoms with E-state index in [1.165, 1.54) is 0 Å². The van der Waals surface area contributed by atoms with E-state index in [1.54, 1.807) is 18.0 Å². The summed E-state index contributed by atoms with van der Waals surface area (Å²) in [5.74, 6) is 2.68. The van der Waals surface area contributed by atoms with Gasteiger partial charge in [-0.2, -0.15) is 0 Å². The molecule has 6 heteroatoms. The molecule has 0 N–H and O–H groups in total. The second-order valence-corrected chi connectivity index (χ2v) is 9.71. The maximum Gasteiger partial charge on any atom is 0.228 e. The minimum Gasteiger partial charge on any atom is -0.497 e. The molecule has 0 aliphatic carbocycles. The number of hydrogen-bond donors (Lipinski definition) is 0. The van der Waals surface area contributed by atoms with E-state index in [0.29, 0.717) is 11.7 Å². The van der Waals surface area contributed by atoms with Crippen LogP contribution in [0.25, 0.3) is 38.6 Å². The summed E-state index contributed by atoms with van der Waals surface area (Å²) in [6, 6.07) is 35.3. The van der Waals surface area contributed by atoms with Crippen molar-refractivity contribution < 1.29 is 9.47 Å². The molecule has 0 amide bonds. The van der Waals surface area contributed by atoms with Gasteiger partial charge < -0.3 is 9.47 Å². The Hall–Kier alpha value is -5.23.